The van der Waals surface area contributed by atoms with Gasteiger partial charge in [0.05, 0.1) is 8.48 Å². The minimum atomic E-state index is -4.19. The van der Waals surface area contributed by atoms with Crippen LogP contribution in [-0.4, -0.2) is 21.3 Å². The van der Waals surface area contributed by atoms with E-state index in [4.69, 9.17) is 20.8 Å². The molecule has 0 bridgehead atoms. The van der Waals surface area contributed by atoms with Gasteiger partial charge >= 0.3 is 10.1 Å². The average Bonchev–Trinajstić information content (AvgIpc) is 2.86. The first-order valence-electron chi connectivity index (χ1n) is 8.10. The summed E-state index contributed by atoms with van der Waals surface area (Å²) in [7, 11) is -2.81. The van der Waals surface area contributed by atoms with Crippen LogP contribution in [-0.2, 0) is 29.6 Å². The summed E-state index contributed by atoms with van der Waals surface area (Å²) in [5, 5.41) is 0. The summed E-state index contributed by atoms with van der Waals surface area (Å²) in [5.41, 5.74) is 6.22. The molecule has 1 atom stereocenters. The van der Waals surface area contributed by atoms with Crippen molar-refractivity contribution in [3.05, 3.63) is 77.4 Å². The summed E-state index contributed by atoms with van der Waals surface area (Å²) in [6.07, 6.45) is -2.30. The van der Waals surface area contributed by atoms with Crippen molar-refractivity contribution in [3.8, 4) is 5.75 Å². The largest absolute Gasteiger partial charge is 0.496 e. The van der Waals surface area contributed by atoms with Gasteiger partial charge in [-0.2, -0.15) is 8.42 Å². The fourth-order valence-electron chi connectivity index (χ4n) is 2.44. The maximum absolute atomic E-state index is 12.7. The molecule has 0 spiro atoms. The highest BCUT2D eigenvalue weighted by Gasteiger charge is 2.40. The Kier molecular flexibility index (Phi) is 4.49. The molecule has 0 radical (unpaired) electrons. The molecule has 0 saturated heterocycles. The van der Waals surface area contributed by atoms with Gasteiger partial charge in [0.2, 0.25) is 17.4 Å². The van der Waals surface area contributed by atoms with Gasteiger partial charge in [-0.3, -0.25) is 4.79 Å². The number of methoxy groups -OCH3 is 1. The molecule has 3 rings (SSSR count). The van der Waals surface area contributed by atoms with Gasteiger partial charge in [-0.1, -0.05) is 48.5 Å². The van der Waals surface area contributed by atoms with Gasteiger partial charge in [-0.15, -0.1) is 0 Å². The van der Waals surface area contributed by atoms with E-state index in [1.165, 1.54) is 13.2 Å². The van der Waals surface area contributed by atoms with Gasteiger partial charge in [0.1, 0.15) is 11.5 Å². The second-order valence-electron chi connectivity index (χ2n) is 5.42. The molecule has 2 N–H and O–H groups in total. The molecule has 0 aromatic heterocycles. The van der Waals surface area contributed by atoms with Crippen molar-refractivity contribution in [1.82, 2.24) is 0 Å². The number of hydrogen-bond acceptors (Lipinski definition) is 7. The van der Waals surface area contributed by atoms with E-state index in [1.807, 2.05) is 0 Å². The molecule has 0 amide bonds. The van der Waals surface area contributed by atoms with E-state index in [0.29, 0.717) is 5.56 Å². The first kappa shape index (κ1) is 16.5. The van der Waals surface area contributed by atoms with Crippen LogP contribution < -0.4 is 10.5 Å². The summed E-state index contributed by atoms with van der Waals surface area (Å²) in [4.78, 5) is 12.7. The van der Waals surface area contributed by atoms with Crippen molar-refractivity contribution in [2.45, 2.75) is 11.8 Å². The lowest BCUT2D eigenvalue weighted by atomic mass is 10.0. The van der Waals surface area contributed by atoms with Gasteiger partial charge in [0.25, 0.3) is 0 Å². The molecule has 0 saturated carbocycles. The number of carbonyl (C=O) groups is 1. The topological polar surface area (TPSA) is 105 Å². The summed E-state index contributed by atoms with van der Waals surface area (Å²) in [5.74, 6) is -2.55. The highest BCUT2D eigenvalue weighted by molar-refractivity contribution is 7.86. The Morgan fingerprint density at radius 1 is 1.15 bits per heavy atom. The summed E-state index contributed by atoms with van der Waals surface area (Å²) < 4.78 is 48.3. The number of ketones is 1. The molecule has 2 aromatic rings. The number of ether oxygens (including phenoxy) is 2. The fraction of sp³-hybridized carbons (Fsp3) is 0.167. The number of nitrogens with two attached hydrogens (primary N) is 1. The van der Waals surface area contributed by atoms with Crippen LogP contribution in [0.4, 0.5) is 0 Å². The molecule has 2 aromatic carbocycles. The van der Waals surface area contributed by atoms with Gasteiger partial charge in [0.15, 0.2) is 6.08 Å². The molecule has 136 valence electrons. The SMILES string of the molecule is [2H][C@@]1(c2ccccc2OC)OC(N)=C(OS(=O)(=O)Cc2ccccc2)C1=O. The minimum Gasteiger partial charge on any atom is -0.496 e. The van der Waals surface area contributed by atoms with Gasteiger partial charge in [-0.25, -0.2) is 0 Å². The normalized spacial score (nSPS) is 20.5. The molecule has 8 heteroatoms. The third kappa shape index (κ3) is 3.65. The van der Waals surface area contributed by atoms with Crippen molar-refractivity contribution in [3.63, 3.8) is 0 Å². The first-order chi connectivity index (χ1) is 12.8. The van der Waals surface area contributed by atoms with E-state index in [1.54, 1.807) is 48.5 Å². The molecule has 0 aliphatic carbocycles. The number of hydrogen-bond donors (Lipinski definition) is 1. The number of carbonyl (C=O) groups excluding carboxylic acids is 1. The Labute approximate surface area is 152 Å². The van der Waals surface area contributed by atoms with E-state index in [2.05, 4.69) is 0 Å². The van der Waals surface area contributed by atoms with Crippen LogP contribution in [0.1, 0.15) is 18.6 Å². The van der Waals surface area contributed by atoms with Crippen LogP contribution in [0.15, 0.2) is 66.2 Å². The monoisotopic (exact) mass is 376 g/mol. The molecule has 0 fully saturated rings. The van der Waals surface area contributed by atoms with Crippen LogP contribution >= 0.6 is 0 Å². The predicted molar refractivity (Wildman–Crippen MR) is 93.2 cm³/mol. The Bertz CT molecular complexity index is 1010. The zero-order valence-electron chi connectivity index (χ0n) is 14.8. The van der Waals surface area contributed by atoms with E-state index in [9.17, 15) is 13.2 Å². The number of Topliss-reactive ketones (excluding diaryl/α,β-unsaturated/α-hetero) is 1. The highest BCUT2D eigenvalue weighted by atomic mass is 32.2. The van der Waals surface area contributed by atoms with Crippen molar-refractivity contribution >= 4 is 15.9 Å². The van der Waals surface area contributed by atoms with Crippen molar-refractivity contribution in [2.24, 2.45) is 5.73 Å². The third-order valence-corrected chi connectivity index (χ3v) is 4.70. The highest BCUT2D eigenvalue weighted by Crippen LogP contribution is 2.36. The lowest BCUT2D eigenvalue weighted by molar-refractivity contribution is -0.123. The van der Waals surface area contributed by atoms with Crippen LogP contribution in [0, 0.1) is 0 Å². The number of benzene rings is 2. The van der Waals surface area contributed by atoms with Crippen molar-refractivity contribution < 1.29 is 28.2 Å². The van der Waals surface area contributed by atoms with Crippen LogP contribution in [0.2, 0.25) is 0 Å². The smallest absolute Gasteiger partial charge is 0.313 e. The van der Waals surface area contributed by atoms with Crippen molar-refractivity contribution in [1.29, 1.82) is 0 Å². The Morgan fingerprint density at radius 3 is 2.50 bits per heavy atom. The average molecular weight is 376 g/mol. The van der Waals surface area contributed by atoms with Crippen LogP contribution in [0.3, 0.4) is 0 Å². The Hall–Kier alpha value is -3.00. The van der Waals surface area contributed by atoms with Crippen LogP contribution in [0.25, 0.3) is 0 Å². The third-order valence-electron chi connectivity index (χ3n) is 3.60. The molecule has 0 unspecified atom stereocenters. The maximum atomic E-state index is 12.7. The lowest BCUT2D eigenvalue weighted by Gasteiger charge is -2.13. The van der Waals surface area contributed by atoms with E-state index < -0.39 is 39.4 Å². The Morgan fingerprint density at radius 2 is 1.81 bits per heavy atom. The second kappa shape index (κ2) is 7.09. The van der Waals surface area contributed by atoms with E-state index in [0.717, 1.165) is 0 Å². The number of rotatable bonds is 6. The Balaban J connectivity index is 1.87. The lowest BCUT2D eigenvalue weighted by Crippen LogP contribution is -2.16. The predicted octanol–water partition coefficient (Wildman–Crippen LogP) is 2.01. The van der Waals surface area contributed by atoms with Gasteiger partial charge in [-0.05, 0) is 11.6 Å². The molecule has 7 nitrogen and oxygen atoms in total. The molecular weight excluding hydrogens is 358 g/mol. The molecular formula is C18H17NO6S. The minimum absolute atomic E-state index is 0.0829. The molecule has 1 heterocycles. The molecule has 26 heavy (non-hydrogen) atoms. The van der Waals surface area contributed by atoms with E-state index in [-0.39, 0.29) is 11.3 Å². The zero-order chi connectivity index (χ0) is 19.7. The first-order valence-corrected chi connectivity index (χ1v) is 9.18. The molecule has 1 aliphatic heterocycles. The zero-order valence-corrected chi connectivity index (χ0v) is 14.7. The quantitative estimate of drug-likeness (QED) is 0.769. The second-order valence-corrected chi connectivity index (χ2v) is 7.00. The maximum Gasteiger partial charge on any atom is 0.313 e. The summed E-state index contributed by atoms with van der Waals surface area (Å²) >= 11 is 0. The standard InChI is InChI=1S/C18H17NO6S/c1-23-14-10-6-5-9-13(14)16-15(20)17(18(19)24-16)25-26(21,22)11-12-7-3-2-4-8-12/h2-10,16H,11,19H2,1H3/t16-/m0/s1/i16D. The van der Waals surface area contributed by atoms with E-state index >= 15 is 0 Å². The van der Waals surface area contributed by atoms with Gasteiger partial charge < -0.3 is 19.4 Å². The summed E-state index contributed by atoms with van der Waals surface area (Å²) in [6, 6.07) is 14.6. The fourth-order valence-corrected chi connectivity index (χ4v) is 3.51. The van der Waals surface area contributed by atoms with Gasteiger partial charge in [0, 0.05) is 5.56 Å². The van der Waals surface area contributed by atoms with Crippen molar-refractivity contribution in [2.75, 3.05) is 7.11 Å². The molecule has 1 aliphatic rings. The number of para-hydroxylation sites is 1. The van der Waals surface area contributed by atoms with Crippen LogP contribution in [0.5, 0.6) is 5.75 Å². The summed E-state index contributed by atoms with van der Waals surface area (Å²) in [6.45, 7) is 0.